The molecule has 10 heteroatoms. The molecule has 158 valence electrons. The molecule has 1 aliphatic carbocycles. The Kier molecular flexibility index (Phi) is 4.11. The van der Waals surface area contributed by atoms with Gasteiger partial charge in [-0.05, 0) is 26.0 Å². The van der Waals surface area contributed by atoms with Crippen LogP contribution in [0.5, 0.6) is 0 Å². The molecule has 2 aromatic rings. The molecule has 2 aromatic heterocycles. The highest BCUT2D eigenvalue weighted by atomic mass is 19.1. The molecule has 5 rings (SSSR count). The van der Waals surface area contributed by atoms with Crippen LogP contribution in [0.4, 0.5) is 10.2 Å². The molecule has 0 atom stereocenters. The molecule has 0 bridgehead atoms. The van der Waals surface area contributed by atoms with E-state index in [1.54, 1.807) is 4.57 Å². The third kappa shape index (κ3) is 2.78. The second-order valence-corrected chi connectivity index (χ2v) is 8.51. The predicted molar refractivity (Wildman–Crippen MR) is 108 cm³/mol. The lowest BCUT2D eigenvalue weighted by molar-refractivity contribution is 0.0695. The summed E-state index contributed by atoms with van der Waals surface area (Å²) in [5, 5.41) is 13.5. The summed E-state index contributed by atoms with van der Waals surface area (Å²) in [6.07, 6.45) is 3.08. The number of pyridine rings is 2. The SMILES string of the molecule is CO/N=C1\CN(c2nc3c(cc2F)c(=O)c(C(=O)O)cn3C2CC2)CC12CN(C)C2. The molecule has 4 heterocycles. The molecule has 0 radical (unpaired) electrons. The Morgan fingerprint density at radius 3 is 2.70 bits per heavy atom. The number of aromatic carboxylic acids is 1. The third-order valence-corrected chi connectivity index (χ3v) is 6.20. The maximum Gasteiger partial charge on any atom is 0.341 e. The van der Waals surface area contributed by atoms with Gasteiger partial charge in [-0.1, -0.05) is 5.16 Å². The number of rotatable bonds is 4. The first-order valence-electron chi connectivity index (χ1n) is 9.85. The molecule has 30 heavy (non-hydrogen) atoms. The fourth-order valence-corrected chi connectivity index (χ4v) is 4.76. The maximum atomic E-state index is 15.1. The number of carboxylic acid groups (broad SMARTS) is 1. The van der Waals surface area contributed by atoms with Crippen molar-refractivity contribution >= 4 is 28.5 Å². The molecular weight excluding hydrogens is 393 g/mol. The summed E-state index contributed by atoms with van der Waals surface area (Å²) >= 11 is 0. The second-order valence-electron chi connectivity index (χ2n) is 8.51. The van der Waals surface area contributed by atoms with Gasteiger partial charge in [-0.25, -0.2) is 14.2 Å². The molecule has 2 saturated heterocycles. The lowest BCUT2D eigenvalue weighted by atomic mass is 9.78. The molecule has 1 spiro atoms. The van der Waals surface area contributed by atoms with Crippen molar-refractivity contribution in [1.29, 1.82) is 0 Å². The van der Waals surface area contributed by atoms with Crippen LogP contribution in [0.15, 0.2) is 22.2 Å². The highest BCUT2D eigenvalue weighted by molar-refractivity contribution is 5.98. The van der Waals surface area contributed by atoms with Crippen LogP contribution in [0.1, 0.15) is 29.2 Å². The number of carbonyl (C=O) groups is 1. The number of hydrogen-bond donors (Lipinski definition) is 1. The second kappa shape index (κ2) is 6.49. The molecule has 0 amide bonds. The van der Waals surface area contributed by atoms with E-state index in [-0.39, 0.29) is 28.2 Å². The summed E-state index contributed by atoms with van der Waals surface area (Å²) in [6, 6.07) is 1.20. The van der Waals surface area contributed by atoms with Crippen LogP contribution in [0.3, 0.4) is 0 Å². The van der Waals surface area contributed by atoms with Gasteiger partial charge in [-0.15, -0.1) is 0 Å². The van der Waals surface area contributed by atoms with Gasteiger partial charge < -0.3 is 24.3 Å². The molecule has 1 N–H and O–H groups in total. The Labute approximate surface area is 171 Å². The zero-order chi connectivity index (χ0) is 21.2. The van der Waals surface area contributed by atoms with E-state index in [2.05, 4.69) is 15.0 Å². The normalized spacial score (nSPS) is 22.1. The van der Waals surface area contributed by atoms with E-state index in [9.17, 15) is 14.7 Å². The first kappa shape index (κ1) is 19.0. The van der Waals surface area contributed by atoms with Gasteiger partial charge in [0.1, 0.15) is 18.3 Å². The minimum atomic E-state index is -1.32. The predicted octanol–water partition coefficient (Wildman–Crippen LogP) is 1.32. The number of hydrogen-bond acceptors (Lipinski definition) is 7. The molecule has 1 saturated carbocycles. The standard InChI is InChI=1S/C20H22FN5O4/c1-24-8-20(9-24)10-25(7-15(20)23-30-2)18-14(21)5-12-16(27)13(19(28)29)6-26(11-3-4-11)17(12)22-18/h5-6,11H,3-4,7-10H2,1-2H3,(H,28,29)/b23-15+. The maximum absolute atomic E-state index is 15.1. The summed E-state index contributed by atoms with van der Waals surface area (Å²) in [7, 11) is 3.51. The Bertz CT molecular complexity index is 1150. The van der Waals surface area contributed by atoms with E-state index in [1.807, 2.05) is 11.9 Å². The zero-order valence-electron chi connectivity index (χ0n) is 16.8. The Hall–Kier alpha value is -3.01. The number of carboxylic acids is 1. The van der Waals surface area contributed by atoms with Crippen LogP contribution < -0.4 is 10.3 Å². The van der Waals surface area contributed by atoms with Gasteiger partial charge in [0, 0.05) is 31.9 Å². The number of oxime groups is 1. The van der Waals surface area contributed by atoms with Crippen molar-refractivity contribution in [3.8, 4) is 0 Å². The van der Waals surface area contributed by atoms with Crippen molar-refractivity contribution in [2.24, 2.45) is 10.6 Å². The van der Waals surface area contributed by atoms with Gasteiger partial charge in [0.2, 0.25) is 5.43 Å². The van der Waals surface area contributed by atoms with E-state index < -0.39 is 17.2 Å². The topological polar surface area (TPSA) is 100 Å². The number of nitrogens with zero attached hydrogens (tertiary/aromatic N) is 5. The summed E-state index contributed by atoms with van der Waals surface area (Å²) in [5.41, 5.74) is -0.106. The van der Waals surface area contributed by atoms with Crippen LogP contribution in [0.25, 0.3) is 11.0 Å². The minimum absolute atomic E-state index is 0.00822. The molecular formula is C20H22FN5O4. The Balaban J connectivity index is 1.63. The van der Waals surface area contributed by atoms with Crippen LogP contribution in [0.2, 0.25) is 0 Å². The van der Waals surface area contributed by atoms with Crippen molar-refractivity contribution in [3.63, 3.8) is 0 Å². The smallest absolute Gasteiger partial charge is 0.341 e. The van der Waals surface area contributed by atoms with E-state index in [4.69, 9.17) is 4.84 Å². The number of halogens is 1. The number of fused-ring (bicyclic) bond motifs is 1. The Morgan fingerprint density at radius 2 is 2.10 bits per heavy atom. The highest BCUT2D eigenvalue weighted by Crippen LogP contribution is 2.40. The van der Waals surface area contributed by atoms with E-state index in [0.29, 0.717) is 18.7 Å². The van der Waals surface area contributed by atoms with Crippen molar-refractivity contribution in [1.82, 2.24) is 14.5 Å². The van der Waals surface area contributed by atoms with Gasteiger partial charge in [0.25, 0.3) is 0 Å². The highest BCUT2D eigenvalue weighted by Gasteiger charge is 2.52. The number of aromatic nitrogens is 2. The zero-order valence-corrected chi connectivity index (χ0v) is 16.8. The first-order valence-corrected chi connectivity index (χ1v) is 9.85. The minimum Gasteiger partial charge on any atom is -0.477 e. The fraction of sp³-hybridized carbons (Fsp3) is 0.500. The van der Waals surface area contributed by atoms with Crippen LogP contribution in [0, 0.1) is 11.2 Å². The van der Waals surface area contributed by atoms with Crippen molar-refractivity contribution in [2.45, 2.75) is 18.9 Å². The summed E-state index contributed by atoms with van der Waals surface area (Å²) < 4.78 is 16.8. The van der Waals surface area contributed by atoms with E-state index in [0.717, 1.165) is 37.7 Å². The van der Waals surface area contributed by atoms with Gasteiger partial charge in [-0.3, -0.25) is 4.79 Å². The largest absolute Gasteiger partial charge is 0.477 e. The van der Waals surface area contributed by atoms with Crippen LogP contribution in [-0.2, 0) is 4.84 Å². The average molecular weight is 415 g/mol. The van der Waals surface area contributed by atoms with Gasteiger partial charge in [-0.2, -0.15) is 0 Å². The first-order chi connectivity index (χ1) is 14.3. The van der Waals surface area contributed by atoms with Gasteiger partial charge in [0.05, 0.1) is 23.1 Å². The molecule has 0 aromatic carbocycles. The molecule has 3 aliphatic rings. The van der Waals surface area contributed by atoms with Crippen LogP contribution >= 0.6 is 0 Å². The molecule has 2 aliphatic heterocycles. The number of likely N-dealkylation sites (tertiary alicyclic amines) is 1. The summed E-state index contributed by atoms with van der Waals surface area (Å²) in [4.78, 5) is 37.7. The van der Waals surface area contributed by atoms with E-state index >= 15 is 4.39 Å². The van der Waals surface area contributed by atoms with Crippen LogP contribution in [-0.4, -0.2) is 71.6 Å². The Morgan fingerprint density at radius 1 is 1.37 bits per heavy atom. The van der Waals surface area contributed by atoms with Crippen molar-refractivity contribution in [3.05, 3.63) is 33.9 Å². The fourth-order valence-electron chi connectivity index (χ4n) is 4.76. The quantitative estimate of drug-likeness (QED) is 0.752. The van der Waals surface area contributed by atoms with Crippen molar-refractivity contribution in [2.75, 3.05) is 45.2 Å². The summed E-state index contributed by atoms with van der Waals surface area (Å²) in [5.74, 6) is -1.82. The molecule has 3 fully saturated rings. The third-order valence-electron chi connectivity index (χ3n) is 6.20. The molecule has 0 unspecified atom stereocenters. The van der Waals surface area contributed by atoms with Crippen molar-refractivity contribution < 1.29 is 19.1 Å². The van der Waals surface area contributed by atoms with E-state index in [1.165, 1.54) is 13.3 Å². The number of anilines is 1. The summed E-state index contributed by atoms with van der Waals surface area (Å²) in [6.45, 7) is 2.54. The lowest BCUT2D eigenvalue weighted by Gasteiger charge is -2.45. The lowest BCUT2D eigenvalue weighted by Crippen LogP contribution is -2.59. The van der Waals surface area contributed by atoms with Gasteiger partial charge in [0.15, 0.2) is 11.6 Å². The van der Waals surface area contributed by atoms with Gasteiger partial charge >= 0.3 is 5.97 Å². The molecule has 9 nitrogen and oxygen atoms in total. The average Bonchev–Trinajstić information content (AvgIpc) is 3.44. The monoisotopic (exact) mass is 415 g/mol.